The Kier molecular flexibility index (Phi) is 6.02. The average Bonchev–Trinajstić information content (AvgIpc) is 3.52. The average molecular weight is 453 g/mol. The number of rotatable bonds is 7. The maximum atomic E-state index is 13.0. The maximum absolute atomic E-state index is 13.0. The van der Waals surface area contributed by atoms with E-state index < -0.39 is 0 Å². The number of hydrogen-bond donors (Lipinski definition) is 3. The number of benzene rings is 2. The van der Waals surface area contributed by atoms with E-state index in [0.29, 0.717) is 17.8 Å². The number of carbonyl (C=O) groups is 1. The van der Waals surface area contributed by atoms with Gasteiger partial charge in [0, 0.05) is 46.4 Å². The second-order valence-electron chi connectivity index (χ2n) is 7.91. The first-order valence-corrected chi connectivity index (χ1v) is 11.7. The van der Waals surface area contributed by atoms with Crippen molar-refractivity contribution >= 4 is 28.3 Å². The molecule has 3 heterocycles. The highest BCUT2D eigenvalue weighted by Crippen LogP contribution is 2.38. The minimum atomic E-state index is -0.118. The molecule has 164 valence electrons. The Labute approximate surface area is 196 Å². The molecule has 0 saturated heterocycles. The highest BCUT2D eigenvalue weighted by molar-refractivity contribution is 7.17. The SMILES string of the molecule is NCC(Cc1ccccc1)NC(=O)c1ccc(-c2ccnc3[nH]cc(-c4ccccc4)c23)s1. The van der Waals surface area contributed by atoms with Crippen LogP contribution in [0.5, 0.6) is 0 Å². The summed E-state index contributed by atoms with van der Waals surface area (Å²) >= 11 is 1.48. The van der Waals surface area contributed by atoms with Crippen molar-refractivity contribution in [2.75, 3.05) is 6.54 Å². The van der Waals surface area contributed by atoms with Crippen molar-refractivity contribution in [2.45, 2.75) is 12.5 Å². The summed E-state index contributed by atoms with van der Waals surface area (Å²) in [5.41, 5.74) is 11.2. The Balaban J connectivity index is 1.42. The largest absolute Gasteiger partial charge is 0.347 e. The molecule has 0 spiro atoms. The lowest BCUT2D eigenvalue weighted by Gasteiger charge is -2.16. The second kappa shape index (κ2) is 9.40. The smallest absolute Gasteiger partial charge is 0.261 e. The normalized spacial score (nSPS) is 12.0. The molecular formula is C27H24N4OS. The van der Waals surface area contributed by atoms with Crippen LogP contribution in [-0.2, 0) is 6.42 Å². The fourth-order valence-electron chi connectivity index (χ4n) is 4.06. The Bertz CT molecular complexity index is 1380. The van der Waals surface area contributed by atoms with Gasteiger partial charge in [-0.1, -0.05) is 60.7 Å². The standard InChI is InChI=1S/C27H24N4OS/c28-16-20(15-18-7-3-1-4-8-18)31-27(32)24-12-11-23(33-24)21-13-14-29-26-25(21)22(17-30-26)19-9-5-2-6-10-19/h1-14,17,20H,15-16,28H2,(H,29,30)(H,31,32). The maximum Gasteiger partial charge on any atom is 0.261 e. The number of fused-ring (bicyclic) bond motifs is 1. The van der Waals surface area contributed by atoms with Gasteiger partial charge in [-0.15, -0.1) is 11.3 Å². The van der Waals surface area contributed by atoms with Crippen LogP contribution in [0.15, 0.2) is 91.3 Å². The quantitative estimate of drug-likeness (QED) is 0.315. The lowest BCUT2D eigenvalue weighted by molar-refractivity contribution is 0.0942. The van der Waals surface area contributed by atoms with Gasteiger partial charge in [-0.2, -0.15) is 0 Å². The summed E-state index contributed by atoms with van der Waals surface area (Å²) in [5, 5.41) is 4.15. The van der Waals surface area contributed by atoms with Gasteiger partial charge in [-0.05, 0) is 35.7 Å². The first kappa shape index (κ1) is 21.1. The fraction of sp³-hybridized carbons (Fsp3) is 0.111. The molecule has 1 amide bonds. The van der Waals surface area contributed by atoms with E-state index >= 15 is 0 Å². The van der Waals surface area contributed by atoms with Gasteiger partial charge < -0.3 is 16.0 Å². The van der Waals surface area contributed by atoms with Gasteiger partial charge in [0.15, 0.2) is 0 Å². The molecule has 0 saturated carbocycles. The molecule has 5 aromatic rings. The Morgan fingerprint density at radius 1 is 0.970 bits per heavy atom. The monoisotopic (exact) mass is 452 g/mol. The molecule has 0 bridgehead atoms. The van der Waals surface area contributed by atoms with Crippen molar-refractivity contribution < 1.29 is 4.79 Å². The van der Waals surface area contributed by atoms with E-state index in [1.165, 1.54) is 11.3 Å². The molecule has 5 rings (SSSR count). The van der Waals surface area contributed by atoms with Crippen molar-refractivity contribution in [1.82, 2.24) is 15.3 Å². The molecule has 0 aliphatic carbocycles. The van der Waals surface area contributed by atoms with E-state index in [1.54, 1.807) is 6.20 Å². The summed E-state index contributed by atoms with van der Waals surface area (Å²) in [4.78, 5) is 22.5. The predicted octanol–water partition coefficient (Wildman–Crippen LogP) is 5.26. The van der Waals surface area contributed by atoms with Crippen LogP contribution >= 0.6 is 11.3 Å². The van der Waals surface area contributed by atoms with Crippen LogP contribution in [0, 0.1) is 0 Å². The van der Waals surface area contributed by atoms with Gasteiger partial charge in [-0.3, -0.25) is 4.79 Å². The topological polar surface area (TPSA) is 83.8 Å². The van der Waals surface area contributed by atoms with Crippen LogP contribution in [0.1, 0.15) is 15.2 Å². The van der Waals surface area contributed by atoms with Crippen LogP contribution in [0.4, 0.5) is 0 Å². The summed E-state index contributed by atoms with van der Waals surface area (Å²) < 4.78 is 0. The molecule has 1 atom stereocenters. The summed E-state index contributed by atoms with van der Waals surface area (Å²) in [5.74, 6) is -0.0970. The number of aromatic nitrogens is 2. The van der Waals surface area contributed by atoms with Crippen LogP contribution in [0.3, 0.4) is 0 Å². The second-order valence-corrected chi connectivity index (χ2v) is 8.99. The molecule has 1 unspecified atom stereocenters. The first-order valence-electron chi connectivity index (χ1n) is 10.9. The van der Waals surface area contributed by atoms with Gasteiger partial charge in [0.2, 0.25) is 0 Å². The Hall–Kier alpha value is -3.74. The lowest BCUT2D eigenvalue weighted by Crippen LogP contribution is -2.41. The number of pyridine rings is 1. The molecule has 2 aromatic carbocycles. The number of thiophene rings is 1. The first-order chi connectivity index (χ1) is 16.2. The number of H-pyrrole nitrogens is 1. The van der Waals surface area contributed by atoms with Crippen molar-refractivity contribution in [1.29, 1.82) is 0 Å². The molecule has 33 heavy (non-hydrogen) atoms. The van der Waals surface area contributed by atoms with Crippen molar-refractivity contribution in [2.24, 2.45) is 5.73 Å². The molecular weight excluding hydrogens is 428 g/mol. The number of hydrogen-bond acceptors (Lipinski definition) is 4. The third kappa shape index (κ3) is 4.44. The zero-order chi connectivity index (χ0) is 22.6. The molecule has 0 aliphatic rings. The van der Waals surface area contributed by atoms with E-state index in [1.807, 2.05) is 72.9 Å². The highest BCUT2D eigenvalue weighted by Gasteiger charge is 2.18. The summed E-state index contributed by atoms with van der Waals surface area (Å²) in [7, 11) is 0. The molecule has 0 aliphatic heterocycles. The predicted molar refractivity (Wildman–Crippen MR) is 135 cm³/mol. The number of carbonyl (C=O) groups excluding carboxylic acids is 1. The molecule has 0 radical (unpaired) electrons. The van der Waals surface area contributed by atoms with Crippen LogP contribution < -0.4 is 11.1 Å². The van der Waals surface area contributed by atoms with Gasteiger partial charge >= 0.3 is 0 Å². The molecule has 4 N–H and O–H groups in total. The van der Waals surface area contributed by atoms with E-state index in [2.05, 4.69) is 27.4 Å². The third-order valence-electron chi connectivity index (χ3n) is 5.70. The molecule has 3 aromatic heterocycles. The Morgan fingerprint density at radius 2 is 1.73 bits per heavy atom. The van der Waals surface area contributed by atoms with Gasteiger partial charge in [0.25, 0.3) is 5.91 Å². The van der Waals surface area contributed by atoms with Gasteiger partial charge in [0.1, 0.15) is 5.65 Å². The molecule has 5 nitrogen and oxygen atoms in total. The van der Waals surface area contributed by atoms with E-state index in [9.17, 15) is 4.79 Å². The number of nitrogens with zero attached hydrogens (tertiary/aromatic N) is 1. The van der Waals surface area contributed by atoms with Crippen LogP contribution in [0.2, 0.25) is 0 Å². The van der Waals surface area contributed by atoms with E-state index in [-0.39, 0.29) is 11.9 Å². The van der Waals surface area contributed by atoms with E-state index in [0.717, 1.165) is 38.2 Å². The zero-order valence-corrected chi connectivity index (χ0v) is 18.8. The minimum Gasteiger partial charge on any atom is -0.347 e. The van der Waals surface area contributed by atoms with Gasteiger partial charge in [0.05, 0.1) is 4.88 Å². The number of aromatic amines is 1. The van der Waals surface area contributed by atoms with Crippen molar-refractivity contribution in [3.05, 3.63) is 102 Å². The zero-order valence-electron chi connectivity index (χ0n) is 18.0. The highest BCUT2D eigenvalue weighted by atomic mass is 32.1. The Morgan fingerprint density at radius 3 is 2.48 bits per heavy atom. The van der Waals surface area contributed by atoms with Crippen molar-refractivity contribution in [3.63, 3.8) is 0 Å². The lowest BCUT2D eigenvalue weighted by atomic mass is 10.0. The molecule has 0 fully saturated rings. The van der Waals surface area contributed by atoms with E-state index in [4.69, 9.17) is 5.73 Å². The third-order valence-corrected chi connectivity index (χ3v) is 6.82. The van der Waals surface area contributed by atoms with Crippen LogP contribution in [-0.4, -0.2) is 28.5 Å². The minimum absolute atomic E-state index is 0.0970. The number of nitrogens with one attached hydrogen (secondary N) is 2. The van der Waals surface area contributed by atoms with Crippen LogP contribution in [0.25, 0.3) is 32.6 Å². The van der Waals surface area contributed by atoms with Crippen molar-refractivity contribution in [3.8, 4) is 21.6 Å². The molecule has 6 heteroatoms. The summed E-state index contributed by atoms with van der Waals surface area (Å²) in [6, 6.07) is 26.1. The summed E-state index contributed by atoms with van der Waals surface area (Å²) in [6.45, 7) is 0.383. The number of nitrogens with two attached hydrogens (primary N) is 1. The fourth-order valence-corrected chi connectivity index (χ4v) is 5.00. The van der Waals surface area contributed by atoms with Gasteiger partial charge in [-0.25, -0.2) is 4.98 Å². The number of amides is 1. The summed E-state index contributed by atoms with van der Waals surface area (Å²) in [6.07, 6.45) is 4.50.